The molecule has 1 heterocycles. The number of alkyl halides is 1. The minimum atomic E-state index is -2.36. The molecule has 1 saturated carbocycles. The number of hydrogen-bond acceptors (Lipinski definition) is 5. The Hall–Kier alpha value is -2.13. The largest absolute Gasteiger partial charge is 0.381 e. The maximum atomic E-state index is 16.0. The van der Waals surface area contributed by atoms with Gasteiger partial charge in [0.25, 0.3) is 5.91 Å². The van der Waals surface area contributed by atoms with Crippen molar-refractivity contribution in [3.05, 3.63) is 64.2 Å². The van der Waals surface area contributed by atoms with Crippen LogP contribution in [0.3, 0.4) is 0 Å². The number of amides is 1. The van der Waals surface area contributed by atoms with Crippen LogP contribution < -0.4 is 10.6 Å². The molecular formula is C22H24ClF2N3O3. The summed E-state index contributed by atoms with van der Waals surface area (Å²) in [5.74, 6) is -1.35. The molecule has 2 aliphatic rings. The Kier molecular flexibility index (Phi) is 6.00. The molecule has 0 bridgehead atoms. The third-order valence-electron chi connectivity index (χ3n) is 6.14. The molecule has 3 N–H and O–H groups in total. The van der Waals surface area contributed by atoms with Crippen molar-refractivity contribution >= 4 is 17.5 Å². The smallest absolute Gasteiger partial charge is 0.262 e. The van der Waals surface area contributed by atoms with Crippen molar-refractivity contribution in [3.63, 3.8) is 0 Å². The van der Waals surface area contributed by atoms with E-state index in [0.29, 0.717) is 5.56 Å². The molecule has 6 nitrogen and oxygen atoms in total. The van der Waals surface area contributed by atoms with E-state index in [-0.39, 0.29) is 47.8 Å². The predicted molar refractivity (Wildman–Crippen MR) is 110 cm³/mol. The van der Waals surface area contributed by atoms with Gasteiger partial charge in [0.1, 0.15) is 5.82 Å². The first-order valence-electron chi connectivity index (χ1n) is 10.1. The lowest BCUT2D eigenvalue weighted by atomic mass is 9.76. The summed E-state index contributed by atoms with van der Waals surface area (Å²) in [4.78, 5) is 17.1. The van der Waals surface area contributed by atoms with Gasteiger partial charge in [-0.3, -0.25) is 15.1 Å². The quantitative estimate of drug-likeness (QED) is 0.588. The number of nitrogens with one attached hydrogen (secondary N) is 2. The molecule has 1 amide bonds. The zero-order chi connectivity index (χ0) is 22.2. The van der Waals surface area contributed by atoms with Crippen molar-refractivity contribution in [2.24, 2.45) is 0 Å². The molecule has 9 heteroatoms. The number of fused-ring (bicyclic) bond motifs is 1. The average molecular weight is 452 g/mol. The van der Waals surface area contributed by atoms with Crippen molar-refractivity contribution in [1.29, 1.82) is 0 Å². The van der Waals surface area contributed by atoms with Crippen LogP contribution in [0.1, 0.15) is 42.5 Å². The van der Waals surface area contributed by atoms with E-state index >= 15 is 4.39 Å². The van der Waals surface area contributed by atoms with Gasteiger partial charge in [-0.2, -0.15) is 0 Å². The van der Waals surface area contributed by atoms with Gasteiger partial charge in [-0.05, 0) is 49.4 Å². The summed E-state index contributed by atoms with van der Waals surface area (Å²) < 4.78 is 34.5. The summed E-state index contributed by atoms with van der Waals surface area (Å²) in [6.07, 6.45) is 2.83. The van der Waals surface area contributed by atoms with Crippen molar-refractivity contribution in [3.8, 4) is 0 Å². The van der Waals surface area contributed by atoms with E-state index in [2.05, 4.69) is 15.6 Å². The van der Waals surface area contributed by atoms with Crippen molar-refractivity contribution in [1.82, 2.24) is 15.6 Å². The van der Waals surface area contributed by atoms with E-state index in [0.717, 1.165) is 18.9 Å². The number of methoxy groups -OCH3 is 1. The van der Waals surface area contributed by atoms with Crippen LogP contribution in [0.25, 0.3) is 0 Å². The van der Waals surface area contributed by atoms with Gasteiger partial charge in [0, 0.05) is 36.5 Å². The highest BCUT2D eigenvalue weighted by Crippen LogP contribution is 2.45. The second kappa shape index (κ2) is 8.43. The third-order valence-corrected chi connectivity index (χ3v) is 6.49. The molecule has 2 aromatic rings. The molecule has 1 fully saturated rings. The minimum absolute atomic E-state index is 0.0198. The monoisotopic (exact) mass is 451 g/mol. The molecule has 2 aliphatic carbocycles. The summed E-state index contributed by atoms with van der Waals surface area (Å²) in [6, 6.07) is 6.82. The highest BCUT2D eigenvalue weighted by Gasteiger charge is 2.53. The minimum Gasteiger partial charge on any atom is -0.381 e. The van der Waals surface area contributed by atoms with Crippen LogP contribution >= 0.6 is 11.6 Å². The number of ether oxygens (including phenoxy) is 1. The molecule has 0 aliphatic heterocycles. The van der Waals surface area contributed by atoms with Gasteiger partial charge in [-0.1, -0.05) is 23.7 Å². The van der Waals surface area contributed by atoms with Gasteiger partial charge in [0.05, 0.1) is 11.8 Å². The van der Waals surface area contributed by atoms with E-state index in [4.69, 9.17) is 16.3 Å². The van der Waals surface area contributed by atoms with E-state index in [1.165, 1.54) is 30.5 Å². The number of carbonyl (C=O) groups excluding carboxylic acids is 1. The fourth-order valence-corrected chi connectivity index (χ4v) is 4.47. The van der Waals surface area contributed by atoms with E-state index < -0.39 is 23.1 Å². The Balaban J connectivity index is 1.53. The average Bonchev–Trinajstić information content (AvgIpc) is 2.73. The molecule has 2 atom stereocenters. The second-order valence-electron chi connectivity index (χ2n) is 8.15. The number of aromatic nitrogens is 1. The van der Waals surface area contributed by atoms with Gasteiger partial charge in [-0.25, -0.2) is 8.78 Å². The fraction of sp³-hybridized carbons (Fsp3) is 0.455. The third kappa shape index (κ3) is 4.17. The van der Waals surface area contributed by atoms with Crippen LogP contribution in [-0.4, -0.2) is 35.3 Å². The molecule has 166 valence electrons. The molecule has 31 heavy (non-hydrogen) atoms. The Morgan fingerprint density at radius 2 is 2.13 bits per heavy atom. The van der Waals surface area contributed by atoms with Crippen LogP contribution in [0, 0.1) is 5.82 Å². The van der Waals surface area contributed by atoms with Gasteiger partial charge >= 0.3 is 0 Å². The lowest BCUT2D eigenvalue weighted by Crippen LogP contribution is -2.58. The molecule has 0 spiro atoms. The molecule has 0 radical (unpaired) electrons. The molecular weight excluding hydrogens is 428 g/mol. The summed E-state index contributed by atoms with van der Waals surface area (Å²) in [7, 11) is 1.64. The van der Waals surface area contributed by atoms with Gasteiger partial charge < -0.3 is 15.2 Å². The highest BCUT2D eigenvalue weighted by molar-refractivity contribution is 6.31. The zero-order valence-corrected chi connectivity index (χ0v) is 17.8. The Morgan fingerprint density at radius 3 is 2.84 bits per heavy atom. The first-order valence-corrected chi connectivity index (χ1v) is 10.5. The topological polar surface area (TPSA) is 83.5 Å². The number of carbonyl (C=O) groups is 1. The summed E-state index contributed by atoms with van der Waals surface area (Å²) in [5.41, 5.74) is -3.28. The van der Waals surface area contributed by atoms with Gasteiger partial charge in [-0.15, -0.1) is 0 Å². The second-order valence-corrected chi connectivity index (χ2v) is 8.56. The van der Waals surface area contributed by atoms with Crippen molar-refractivity contribution < 1.29 is 23.4 Å². The molecule has 0 unspecified atom stereocenters. The van der Waals surface area contributed by atoms with E-state index in [1.807, 2.05) is 0 Å². The number of halogens is 3. The van der Waals surface area contributed by atoms with Crippen molar-refractivity contribution in [2.75, 3.05) is 7.11 Å². The Morgan fingerprint density at radius 1 is 1.35 bits per heavy atom. The van der Waals surface area contributed by atoms with Gasteiger partial charge in [0.2, 0.25) is 5.67 Å². The maximum Gasteiger partial charge on any atom is 0.262 e. The first-order chi connectivity index (χ1) is 14.7. The predicted octanol–water partition coefficient (Wildman–Crippen LogP) is 3.06. The Bertz CT molecular complexity index is 988. The maximum absolute atomic E-state index is 16.0. The van der Waals surface area contributed by atoms with Crippen LogP contribution in [0.2, 0.25) is 5.02 Å². The molecule has 4 rings (SSSR count). The fourth-order valence-electron chi connectivity index (χ4n) is 4.23. The summed E-state index contributed by atoms with van der Waals surface area (Å²) in [5, 5.41) is 17.1. The van der Waals surface area contributed by atoms with Crippen LogP contribution in [-0.2, 0) is 27.5 Å². The molecule has 1 aromatic heterocycles. The highest BCUT2D eigenvalue weighted by atomic mass is 35.5. The van der Waals surface area contributed by atoms with Gasteiger partial charge in [0.15, 0.2) is 5.72 Å². The lowest BCUT2D eigenvalue weighted by molar-refractivity contribution is -0.139. The number of nitrogens with zero attached hydrogens (tertiary/aromatic N) is 1. The molecule has 0 saturated heterocycles. The number of pyridine rings is 1. The zero-order valence-electron chi connectivity index (χ0n) is 17.0. The van der Waals surface area contributed by atoms with Crippen LogP contribution in [0.4, 0.5) is 8.78 Å². The number of hydrogen-bond donors (Lipinski definition) is 3. The van der Waals surface area contributed by atoms with Crippen LogP contribution in [0.5, 0.6) is 0 Å². The Labute approximate surface area is 184 Å². The first kappa shape index (κ1) is 22.1. The van der Waals surface area contributed by atoms with E-state index in [1.54, 1.807) is 7.11 Å². The SMILES string of the molecule is COC1CC(N[C@]2(O)CC[C@@](F)(C(=O)NCc3ccc(F)cc3Cl)c3cccnc32)C1. The number of aliphatic hydroxyl groups is 1. The summed E-state index contributed by atoms with van der Waals surface area (Å²) in [6.45, 7) is -0.0534. The number of rotatable bonds is 6. The normalized spacial score (nSPS) is 29.7. The number of benzene rings is 1. The molecule has 1 aromatic carbocycles. The summed E-state index contributed by atoms with van der Waals surface area (Å²) >= 11 is 5.99. The van der Waals surface area contributed by atoms with Crippen LogP contribution in [0.15, 0.2) is 36.5 Å². The van der Waals surface area contributed by atoms with Crippen molar-refractivity contribution in [2.45, 2.75) is 55.8 Å². The standard InChI is InChI=1S/C22H24ClF2N3O3/c1-31-16-10-15(11-16)28-22(30)7-6-21(25,17-3-2-8-26-19(17)22)20(29)27-12-13-4-5-14(24)9-18(13)23/h2-5,8-9,15-16,28,30H,6-7,10-12H2,1H3,(H,27,29)/t15?,16?,21-,22-/m0/s1. The lowest BCUT2D eigenvalue weighted by Gasteiger charge is -2.45. The van der Waals surface area contributed by atoms with E-state index in [9.17, 15) is 14.3 Å².